The zero-order valence-electron chi connectivity index (χ0n) is 15.4. The minimum Gasteiger partial charge on any atom is -0.444 e. The molecule has 0 heterocycles. The summed E-state index contributed by atoms with van der Waals surface area (Å²) in [6.45, 7) is 10.3. The maximum absolute atomic E-state index is 13.8. The molecule has 2 N–H and O–H groups in total. The highest BCUT2D eigenvalue weighted by Gasteiger charge is 2.28. The molecule has 1 aromatic rings. The maximum Gasteiger partial charge on any atom is 0.408 e. The fourth-order valence-electron chi connectivity index (χ4n) is 2.20. The molecule has 0 aliphatic heterocycles. The average Bonchev–Trinajstić information content (AvgIpc) is 2.42. The van der Waals surface area contributed by atoms with E-state index in [1.54, 1.807) is 41.5 Å². The summed E-state index contributed by atoms with van der Waals surface area (Å²) in [6, 6.07) is 1.63. The molecule has 0 aliphatic rings. The number of carbonyl (C=O) groups is 2. The molecule has 2 amide bonds. The second kappa shape index (κ2) is 8.27. The number of ether oxygens (including phenoxy) is 1. The van der Waals surface area contributed by atoms with E-state index in [1.807, 2.05) is 0 Å². The molecule has 140 valence electrons. The Balaban J connectivity index is 2.80. The van der Waals surface area contributed by atoms with Crippen LogP contribution in [-0.4, -0.2) is 23.6 Å². The summed E-state index contributed by atoms with van der Waals surface area (Å²) in [4.78, 5) is 24.4. The number of hydrogen-bond acceptors (Lipinski definition) is 3. The molecule has 1 aromatic carbocycles. The van der Waals surface area contributed by atoms with E-state index in [4.69, 9.17) is 4.74 Å². The fraction of sp³-hybridized carbons (Fsp3) is 0.556. The minimum absolute atomic E-state index is 0.162. The molecule has 0 spiro atoms. The Labute approximate surface area is 147 Å². The normalized spacial score (nSPS) is 14.0. The molecule has 25 heavy (non-hydrogen) atoms. The number of nitrogens with one attached hydrogen (secondary N) is 2. The summed E-state index contributed by atoms with van der Waals surface area (Å²) < 4.78 is 32.0. The largest absolute Gasteiger partial charge is 0.444 e. The van der Waals surface area contributed by atoms with Gasteiger partial charge in [0.05, 0.1) is 6.04 Å². The van der Waals surface area contributed by atoms with Gasteiger partial charge in [0.2, 0.25) is 5.91 Å². The van der Waals surface area contributed by atoms with E-state index in [0.717, 1.165) is 12.1 Å². The molecule has 7 heteroatoms. The third kappa shape index (κ3) is 6.68. The lowest BCUT2D eigenvalue weighted by atomic mass is 10.0. The quantitative estimate of drug-likeness (QED) is 0.845. The van der Waals surface area contributed by atoms with Crippen LogP contribution in [0.4, 0.5) is 13.6 Å². The maximum atomic E-state index is 13.8. The van der Waals surface area contributed by atoms with Crippen molar-refractivity contribution in [3.05, 3.63) is 35.4 Å². The number of hydrogen-bond donors (Lipinski definition) is 2. The van der Waals surface area contributed by atoms with Crippen molar-refractivity contribution < 1.29 is 23.1 Å². The molecular weight excluding hydrogens is 330 g/mol. The summed E-state index contributed by atoms with van der Waals surface area (Å²) in [6.07, 6.45) is -0.707. The van der Waals surface area contributed by atoms with Gasteiger partial charge >= 0.3 is 6.09 Å². The molecule has 0 aliphatic carbocycles. The van der Waals surface area contributed by atoms with Gasteiger partial charge in [-0.15, -0.1) is 0 Å². The molecule has 0 fully saturated rings. The summed E-state index contributed by atoms with van der Waals surface area (Å²) in [5.41, 5.74) is -0.526. The highest BCUT2D eigenvalue weighted by atomic mass is 19.1. The lowest BCUT2D eigenvalue weighted by Gasteiger charge is -2.26. The van der Waals surface area contributed by atoms with Crippen LogP contribution in [0.2, 0.25) is 0 Å². The van der Waals surface area contributed by atoms with E-state index in [2.05, 4.69) is 10.6 Å². The molecule has 2 atom stereocenters. The molecule has 2 unspecified atom stereocenters. The van der Waals surface area contributed by atoms with Crippen LogP contribution in [0.1, 0.15) is 53.1 Å². The van der Waals surface area contributed by atoms with Gasteiger partial charge in [0, 0.05) is 11.6 Å². The standard InChI is InChI=1S/C18H26F2N2O3/c1-10(2)15(22-17(24)25-18(4,5)6)16(23)21-11(3)13-8-7-12(19)9-14(13)20/h7-11,15H,1-6H3,(H,21,23)(H,22,24). The Morgan fingerprint density at radius 2 is 1.68 bits per heavy atom. The predicted octanol–water partition coefficient (Wildman–Crippen LogP) is 3.69. The van der Waals surface area contributed by atoms with Gasteiger partial charge in [0.25, 0.3) is 0 Å². The van der Waals surface area contributed by atoms with Crippen LogP contribution < -0.4 is 10.6 Å². The Morgan fingerprint density at radius 1 is 1.08 bits per heavy atom. The van der Waals surface area contributed by atoms with Crippen LogP contribution >= 0.6 is 0 Å². The SMILES string of the molecule is CC(NC(=O)C(NC(=O)OC(C)(C)C)C(C)C)c1ccc(F)cc1F. The van der Waals surface area contributed by atoms with Crippen LogP contribution in [0, 0.1) is 17.6 Å². The van der Waals surface area contributed by atoms with Gasteiger partial charge in [-0.05, 0) is 39.7 Å². The summed E-state index contributed by atoms with van der Waals surface area (Å²) in [5.74, 6) is -2.12. The van der Waals surface area contributed by atoms with Crippen molar-refractivity contribution >= 4 is 12.0 Å². The number of rotatable bonds is 5. The van der Waals surface area contributed by atoms with Gasteiger partial charge < -0.3 is 15.4 Å². The Hall–Kier alpha value is -2.18. The first-order chi connectivity index (χ1) is 11.4. The Bertz CT molecular complexity index is 627. The summed E-state index contributed by atoms with van der Waals surface area (Å²) in [5, 5.41) is 5.16. The van der Waals surface area contributed by atoms with Gasteiger partial charge in [0.1, 0.15) is 23.3 Å². The van der Waals surface area contributed by atoms with Crippen LogP contribution in [0.25, 0.3) is 0 Å². The number of alkyl carbamates (subject to hydrolysis) is 1. The highest BCUT2D eigenvalue weighted by Crippen LogP contribution is 2.18. The minimum atomic E-state index is -0.846. The van der Waals surface area contributed by atoms with E-state index < -0.39 is 41.3 Å². The van der Waals surface area contributed by atoms with E-state index in [0.29, 0.717) is 0 Å². The lowest BCUT2D eigenvalue weighted by molar-refractivity contribution is -0.124. The van der Waals surface area contributed by atoms with Gasteiger partial charge in [-0.2, -0.15) is 0 Å². The number of benzene rings is 1. The lowest BCUT2D eigenvalue weighted by Crippen LogP contribution is -2.51. The molecular formula is C18H26F2N2O3. The van der Waals surface area contributed by atoms with Crippen LogP contribution in [-0.2, 0) is 9.53 Å². The van der Waals surface area contributed by atoms with Crippen LogP contribution in [0.3, 0.4) is 0 Å². The number of halogens is 2. The molecule has 0 radical (unpaired) electrons. The van der Waals surface area contributed by atoms with E-state index in [9.17, 15) is 18.4 Å². The van der Waals surface area contributed by atoms with Gasteiger partial charge in [-0.3, -0.25) is 4.79 Å². The zero-order chi connectivity index (χ0) is 19.4. The highest BCUT2D eigenvalue weighted by molar-refractivity contribution is 5.86. The van der Waals surface area contributed by atoms with Gasteiger partial charge in [-0.1, -0.05) is 19.9 Å². The molecule has 0 aromatic heterocycles. The van der Waals surface area contributed by atoms with E-state index in [1.165, 1.54) is 6.07 Å². The monoisotopic (exact) mass is 356 g/mol. The van der Waals surface area contributed by atoms with E-state index in [-0.39, 0.29) is 11.5 Å². The van der Waals surface area contributed by atoms with Crippen molar-refractivity contribution in [2.24, 2.45) is 5.92 Å². The van der Waals surface area contributed by atoms with Crippen molar-refractivity contribution in [1.82, 2.24) is 10.6 Å². The predicted molar refractivity (Wildman–Crippen MR) is 90.9 cm³/mol. The molecule has 0 saturated carbocycles. The first-order valence-electron chi connectivity index (χ1n) is 8.15. The third-order valence-corrected chi connectivity index (χ3v) is 3.41. The second-order valence-corrected chi connectivity index (χ2v) is 7.26. The first-order valence-corrected chi connectivity index (χ1v) is 8.15. The van der Waals surface area contributed by atoms with Crippen molar-refractivity contribution in [2.45, 2.75) is 59.2 Å². The number of amides is 2. The summed E-state index contributed by atoms with van der Waals surface area (Å²) >= 11 is 0. The number of carbonyl (C=O) groups excluding carboxylic acids is 2. The van der Waals surface area contributed by atoms with Crippen molar-refractivity contribution in [3.63, 3.8) is 0 Å². The smallest absolute Gasteiger partial charge is 0.408 e. The van der Waals surface area contributed by atoms with Gasteiger partial charge in [-0.25, -0.2) is 13.6 Å². The van der Waals surface area contributed by atoms with Crippen LogP contribution in [0.5, 0.6) is 0 Å². The zero-order valence-corrected chi connectivity index (χ0v) is 15.4. The van der Waals surface area contributed by atoms with Crippen molar-refractivity contribution in [2.75, 3.05) is 0 Å². The van der Waals surface area contributed by atoms with Crippen molar-refractivity contribution in [3.8, 4) is 0 Å². The topological polar surface area (TPSA) is 67.4 Å². The molecule has 0 bridgehead atoms. The third-order valence-electron chi connectivity index (χ3n) is 3.41. The van der Waals surface area contributed by atoms with E-state index >= 15 is 0 Å². The Morgan fingerprint density at radius 3 is 2.16 bits per heavy atom. The molecule has 5 nitrogen and oxygen atoms in total. The average molecular weight is 356 g/mol. The molecule has 0 saturated heterocycles. The van der Waals surface area contributed by atoms with Crippen molar-refractivity contribution in [1.29, 1.82) is 0 Å². The Kier molecular flexibility index (Phi) is 6.90. The second-order valence-electron chi connectivity index (χ2n) is 7.26. The first kappa shape index (κ1) is 20.9. The van der Waals surface area contributed by atoms with Crippen LogP contribution in [0.15, 0.2) is 18.2 Å². The fourth-order valence-corrected chi connectivity index (χ4v) is 2.20. The molecule has 1 rings (SSSR count). The summed E-state index contributed by atoms with van der Waals surface area (Å²) in [7, 11) is 0. The van der Waals surface area contributed by atoms with Gasteiger partial charge in [0.15, 0.2) is 0 Å².